The molecule has 6 heteroatoms. The molecule has 0 spiro atoms. The number of nitrogens with zero attached hydrogens (tertiary/aromatic N) is 3. The van der Waals surface area contributed by atoms with E-state index in [9.17, 15) is 0 Å². The van der Waals surface area contributed by atoms with Crippen molar-refractivity contribution in [2.24, 2.45) is 10.9 Å². The molecule has 0 atom stereocenters. The van der Waals surface area contributed by atoms with E-state index >= 15 is 0 Å². The fraction of sp³-hybridized carbons (Fsp3) is 0.500. The van der Waals surface area contributed by atoms with Crippen LogP contribution >= 0.6 is 0 Å². The van der Waals surface area contributed by atoms with E-state index in [1.807, 2.05) is 16.9 Å². The van der Waals surface area contributed by atoms with E-state index in [1.54, 1.807) is 13.2 Å². The molecule has 0 radical (unpaired) electrons. The van der Waals surface area contributed by atoms with E-state index in [0.717, 1.165) is 45.2 Å². The Morgan fingerprint density at radius 3 is 2.81 bits per heavy atom. The van der Waals surface area contributed by atoms with Crippen molar-refractivity contribution in [1.29, 1.82) is 0 Å². The Bertz CT molecular complexity index is 652. The first-order valence-electron chi connectivity index (χ1n) is 9.25. The number of ether oxygens (including phenoxy) is 1. The van der Waals surface area contributed by atoms with Gasteiger partial charge in [0.2, 0.25) is 0 Å². The predicted octanol–water partition coefficient (Wildman–Crippen LogP) is 2.66. The summed E-state index contributed by atoms with van der Waals surface area (Å²) in [7, 11) is 1.79. The van der Waals surface area contributed by atoms with Crippen LogP contribution in [0.4, 0.5) is 0 Å². The first kappa shape index (κ1) is 20.0. The van der Waals surface area contributed by atoms with Crippen molar-refractivity contribution in [1.82, 2.24) is 20.4 Å². The monoisotopic (exact) mass is 357 g/mol. The number of hydrogen-bond donors (Lipinski definition) is 2. The van der Waals surface area contributed by atoms with Crippen LogP contribution in [-0.2, 0) is 17.8 Å². The standard InChI is InChI=1S/C20H31N5O/c1-17(2)16-26-12-6-9-22-20(21-3)23-14-18-7-4-8-19(13-18)15-25-11-5-10-24-25/h4-5,7-8,10-11,13,17H,6,9,12,14-16H2,1-3H3,(H2,21,22,23). The molecular formula is C20H31N5O. The maximum Gasteiger partial charge on any atom is 0.191 e. The lowest BCUT2D eigenvalue weighted by atomic mass is 10.1. The van der Waals surface area contributed by atoms with Crippen molar-refractivity contribution >= 4 is 5.96 Å². The summed E-state index contributed by atoms with van der Waals surface area (Å²) in [5.74, 6) is 1.40. The molecule has 142 valence electrons. The molecular weight excluding hydrogens is 326 g/mol. The third-order valence-electron chi connectivity index (χ3n) is 3.79. The Morgan fingerprint density at radius 2 is 2.08 bits per heavy atom. The van der Waals surface area contributed by atoms with Gasteiger partial charge in [-0.2, -0.15) is 5.10 Å². The fourth-order valence-corrected chi connectivity index (χ4v) is 2.53. The Kier molecular flexibility index (Phi) is 8.69. The number of hydrogen-bond acceptors (Lipinski definition) is 3. The highest BCUT2D eigenvalue weighted by atomic mass is 16.5. The number of aromatic nitrogens is 2. The first-order chi connectivity index (χ1) is 12.7. The van der Waals surface area contributed by atoms with E-state index in [0.29, 0.717) is 5.92 Å². The molecule has 2 aromatic rings. The second-order valence-electron chi connectivity index (χ2n) is 6.70. The number of rotatable bonds is 10. The van der Waals surface area contributed by atoms with Crippen LogP contribution in [0.3, 0.4) is 0 Å². The zero-order valence-electron chi connectivity index (χ0n) is 16.1. The summed E-state index contributed by atoms with van der Waals surface area (Å²) < 4.78 is 7.51. The summed E-state index contributed by atoms with van der Waals surface area (Å²) >= 11 is 0. The van der Waals surface area contributed by atoms with Crippen LogP contribution < -0.4 is 10.6 Å². The second kappa shape index (κ2) is 11.3. The molecule has 0 saturated carbocycles. The van der Waals surface area contributed by atoms with Crippen molar-refractivity contribution in [3.8, 4) is 0 Å². The van der Waals surface area contributed by atoms with E-state index in [2.05, 4.69) is 58.8 Å². The summed E-state index contributed by atoms with van der Waals surface area (Å²) in [4.78, 5) is 4.27. The Balaban J connectivity index is 1.70. The Labute approximate surface area is 156 Å². The van der Waals surface area contributed by atoms with Crippen LogP contribution in [0.25, 0.3) is 0 Å². The molecule has 2 rings (SSSR count). The fourth-order valence-electron chi connectivity index (χ4n) is 2.53. The van der Waals surface area contributed by atoms with Gasteiger partial charge in [-0.05, 0) is 29.5 Å². The summed E-state index contributed by atoms with van der Waals surface area (Å²) in [6.07, 6.45) is 4.74. The minimum Gasteiger partial charge on any atom is -0.381 e. The molecule has 0 saturated heterocycles. The molecule has 0 aliphatic heterocycles. The summed E-state index contributed by atoms with van der Waals surface area (Å²) in [5.41, 5.74) is 2.45. The van der Waals surface area contributed by atoms with Crippen LogP contribution in [0.1, 0.15) is 31.4 Å². The average Bonchev–Trinajstić information content (AvgIpc) is 3.13. The minimum absolute atomic E-state index is 0.585. The molecule has 0 bridgehead atoms. The lowest BCUT2D eigenvalue weighted by Crippen LogP contribution is -2.37. The number of benzene rings is 1. The lowest BCUT2D eigenvalue weighted by Gasteiger charge is -2.13. The molecule has 0 fully saturated rings. The van der Waals surface area contributed by atoms with Crippen molar-refractivity contribution in [3.05, 3.63) is 53.9 Å². The van der Waals surface area contributed by atoms with Gasteiger partial charge in [0.1, 0.15) is 0 Å². The minimum atomic E-state index is 0.585. The summed E-state index contributed by atoms with van der Waals surface area (Å²) in [6.45, 7) is 8.28. The SMILES string of the molecule is CN=C(NCCCOCC(C)C)NCc1cccc(Cn2cccn2)c1. The van der Waals surface area contributed by atoms with E-state index in [1.165, 1.54) is 11.1 Å². The van der Waals surface area contributed by atoms with Crippen LogP contribution in [0.5, 0.6) is 0 Å². The van der Waals surface area contributed by atoms with Gasteiger partial charge in [-0.3, -0.25) is 9.67 Å². The Morgan fingerprint density at radius 1 is 1.23 bits per heavy atom. The molecule has 0 amide bonds. The maximum absolute atomic E-state index is 5.59. The zero-order chi connectivity index (χ0) is 18.6. The highest BCUT2D eigenvalue weighted by molar-refractivity contribution is 5.79. The van der Waals surface area contributed by atoms with Crippen LogP contribution in [-0.4, -0.2) is 42.5 Å². The highest BCUT2D eigenvalue weighted by Crippen LogP contribution is 2.07. The van der Waals surface area contributed by atoms with Crippen molar-refractivity contribution in [2.75, 3.05) is 26.8 Å². The van der Waals surface area contributed by atoms with Gasteiger partial charge in [0, 0.05) is 45.7 Å². The predicted molar refractivity (Wildman–Crippen MR) is 106 cm³/mol. The lowest BCUT2D eigenvalue weighted by molar-refractivity contribution is 0.108. The average molecular weight is 358 g/mol. The molecule has 1 aromatic carbocycles. The normalized spacial score (nSPS) is 11.8. The Hall–Kier alpha value is -2.34. The van der Waals surface area contributed by atoms with Crippen molar-refractivity contribution < 1.29 is 4.74 Å². The quantitative estimate of drug-likeness (QED) is 0.390. The second-order valence-corrected chi connectivity index (χ2v) is 6.70. The molecule has 0 aliphatic carbocycles. The van der Waals surface area contributed by atoms with Gasteiger partial charge in [0.15, 0.2) is 5.96 Å². The molecule has 6 nitrogen and oxygen atoms in total. The van der Waals surface area contributed by atoms with E-state index < -0.39 is 0 Å². The molecule has 1 heterocycles. The van der Waals surface area contributed by atoms with Gasteiger partial charge in [-0.15, -0.1) is 0 Å². The molecule has 26 heavy (non-hydrogen) atoms. The van der Waals surface area contributed by atoms with Crippen LogP contribution in [0, 0.1) is 5.92 Å². The van der Waals surface area contributed by atoms with Crippen LogP contribution in [0.15, 0.2) is 47.7 Å². The van der Waals surface area contributed by atoms with Gasteiger partial charge < -0.3 is 15.4 Å². The van der Waals surface area contributed by atoms with Crippen molar-refractivity contribution in [3.63, 3.8) is 0 Å². The maximum atomic E-state index is 5.59. The molecule has 0 aliphatic rings. The van der Waals surface area contributed by atoms with Gasteiger partial charge in [-0.1, -0.05) is 38.1 Å². The zero-order valence-corrected chi connectivity index (χ0v) is 16.1. The van der Waals surface area contributed by atoms with Gasteiger partial charge in [-0.25, -0.2) is 0 Å². The number of aliphatic imine (C=N–C) groups is 1. The number of nitrogens with one attached hydrogen (secondary N) is 2. The van der Waals surface area contributed by atoms with Gasteiger partial charge >= 0.3 is 0 Å². The highest BCUT2D eigenvalue weighted by Gasteiger charge is 2.01. The number of guanidine groups is 1. The smallest absolute Gasteiger partial charge is 0.191 e. The van der Waals surface area contributed by atoms with Crippen LogP contribution in [0.2, 0.25) is 0 Å². The third kappa shape index (κ3) is 7.70. The van der Waals surface area contributed by atoms with Crippen molar-refractivity contribution in [2.45, 2.75) is 33.4 Å². The molecule has 1 aromatic heterocycles. The van der Waals surface area contributed by atoms with Gasteiger partial charge in [0.05, 0.1) is 6.54 Å². The molecule has 2 N–H and O–H groups in total. The summed E-state index contributed by atoms with van der Waals surface area (Å²) in [5, 5.41) is 10.9. The van der Waals surface area contributed by atoms with E-state index in [-0.39, 0.29) is 0 Å². The topological polar surface area (TPSA) is 63.5 Å². The first-order valence-corrected chi connectivity index (χ1v) is 9.25. The summed E-state index contributed by atoms with van der Waals surface area (Å²) in [6, 6.07) is 10.5. The third-order valence-corrected chi connectivity index (χ3v) is 3.79. The van der Waals surface area contributed by atoms with Gasteiger partial charge in [0.25, 0.3) is 0 Å². The largest absolute Gasteiger partial charge is 0.381 e. The van der Waals surface area contributed by atoms with E-state index in [4.69, 9.17) is 4.74 Å². The molecule has 0 unspecified atom stereocenters.